The van der Waals surface area contributed by atoms with Gasteiger partial charge in [-0.25, -0.2) is 0 Å². The molecule has 0 heterocycles. The van der Waals surface area contributed by atoms with E-state index in [0.29, 0.717) is 0 Å². The second-order valence-corrected chi connectivity index (χ2v) is 7.56. The second kappa shape index (κ2) is 6.98. The Morgan fingerprint density at radius 2 is 1.38 bits per heavy atom. The fraction of sp³-hybridized carbons (Fsp3) is 0.842. The summed E-state index contributed by atoms with van der Waals surface area (Å²) in [4.78, 5) is 10.3. The summed E-state index contributed by atoms with van der Waals surface area (Å²) in [7, 11) is 1.73. The molecule has 4 rings (SSSR count). The maximum atomic E-state index is 10.3. The lowest BCUT2D eigenvalue weighted by Crippen LogP contribution is -2.05. The summed E-state index contributed by atoms with van der Waals surface area (Å²) in [5, 5.41) is 0. The zero-order chi connectivity index (χ0) is 14.7. The molecule has 0 amide bonds. The minimum Gasteiger partial charge on any atom is -0.505 e. The van der Waals surface area contributed by atoms with Gasteiger partial charge in [0.2, 0.25) is 0 Å². The van der Waals surface area contributed by atoms with E-state index in [9.17, 15) is 4.79 Å². The van der Waals surface area contributed by atoms with E-state index < -0.39 is 0 Å². The summed E-state index contributed by atoms with van der Waals surface area (Å²) >= 11 is 0. The highest BCUT2D eigenvalue weighted by atomic mass is 16.5. The van der Waals surface area contributed by atoms with Crippen molar-refractivity contribution >= 4 is 6.29 Å². The summed E-state index contributed by atoms with van der Waals surface area (Å²) < 4.78 is 4.95. The first-order valence-corrected chi connectivity index (χ1v) is 8.96. The van der Waals surface area contributed by atoms with Crippen LogP contribution in [0.25, 0.3) is 0 Å². The highest BCUT2D eigenvalue weighted by molar-refractivity contribution is 5.50. The van der Waals surface area contributed by atoms with E-state index in [4.69, 9.17) is 4.74 Å². The number of rotatable bonds is 8. The van der Waals surface area contributed by atoms with Gasteiger partial charge in [-0.3, -0.25) is 0 Å². The molecule has 2 nitrogen and oxygen atoms in total. The van der Waals surface area contributed by atoms with Crippen molar-refractivity contribution in [3.63, 3.8) is 0 Å². The first-order chi connectivity index (χ1) is 10.3. The Bertz CT molecular complexity index is 336. The molecule has 0 aromatic carbocycles. The van der Waals surface area contributed by atoms with Crippen LogP contribution in [-0.4, -0.2) is 13.4 Å². The molecule has 0 N–H and O–H groups in total. The van der Waals surface area contributed by atoms with Gasteiger partial charge in [-0.15, -0.1) is 0 Å². The van der Waals surface area contributed by atoms with Crippen LogP contribution in [0.1, 0.15) is 57.8 Å². The largest absolute Gasteiger partial charge is 0.505 e. The molecule has 4 aliphatic carbocycles. The number of hydrogen-bond donors (Lipinski definition) is 0. The molecule has 0 bridgehead atoms. The van der Waals surface area contributed by atoms with Crippen molar-refractivity contribution in [2.24, 2.45) is 35.5 Å². The molecule has 0 aliphatic heterocycles. The molecule has 0 aromatic heterocycles. The molecule has 0 atom stereocenters. The lowest BCUT2D eigenvalue weighted by molar-refractivity contribution is -0.108. The lowest BCUT2D eigenvalue weighted by Gasteiger charge is -2.09. The van der Waals surface area contributed by atoms with Crippen LogP contribution in [-0.2, 0) is 9.53 Å². The molecule has 4 aliphatic rings. The Morgan fingerprint density at radius 3 is 1.71 bits per heavy atom. The molecule has 4 fully saturated rings. The molecule has 0 saturated heterocycles. The standard InChI is InChI=1S/C10H16O.C9H14O/c1-11-7-6-10(8-2-3-8)9-4-5-9;10-6-5-9(7-1-2-7)8-3-4-8/h6-10H,2-5H2,1H3;6-9H,1-5H2/b7-6+;. The average Bonchev–Trinajstić information content (AvgIpc) is 3.37. The van der Waals surface area contributed by atoms with Gasteiger partial charge in [-0.2, -0.15) is 0 Å². The number of hydrogen-bond acceptors (Lipinski definition) is 2. The van der Waals surface area contributed by atoms with Crippen LogP contribution in [0.15, 0.2) is 12.3 Å². The van der Waals surface area contributed by atoms with Gasteiger partial charge in [0.05, 0.1) is 13.4 Å². The minimum absolute atomic E-state index is 0.789. The van der Waals surface area contributed by atoms with E-state index in [-0.39, 0.29) is 0 Å². The van der Waals surface area contributed by atoms with Crippen molar-refractivity contribution in [3.8, 4) is 0 Å². The molecule has 2 heteroatoms. The Morgan fingerprint density at radius 1 is 0.905 bits per heavy atom. The van der Waals surface area contributed by atoms with Gasteiger partial charge in [-0.05, 0) is 93.0 Å². The predicted octanol–water partition coefficient (Wildman–Crippen LogP) is 4.59. The summed E-state index contributed by atoms with van der Waals surface area (Å²) in [6.07, 6.45) is 17.5. The molecule has 0 radical (unpaired) electrons. The maximum absolute atomic E-state index is 10.3. The molecule has 0 unspecified atom stereocenters. The van der Waals surface area contributed by atoms with Crippen molar-refractivity contribution in [2.45, 2.75) is 57.8 Å². The van der Waals surface area contributed by atoms with Crippen LogP contribution in [0.5, 0.6) is 0 Å². The van der Waals surface area contributed by atoms with Gasteiger partial charge >= 0.3 is 0 Å². The third-order valence-corrected chi connectivity index (χ3v) is 5.59. The number of methoxy groups -OCH3 is 1. The summed E-state index contributed by atoms with van der Waals surface area (Å²) in [6, 6.07) is 0. The predicted molar refractivity (Wildman–Crippen MR) is 84.7 cm³/mol. The SMILES string of the molecule is CO/C=C/C(C1CC1)C1CC1.O=CCC(C1CC1)C1CC1. The molecule has 118 valence electrons. The monoisotopic (exact) mass is 290 g/mol. The summed E-state index contributed by atoms with van der Waals surface area (Å²) in [5.74, 6) is 5.55. The fourth-order valence-electron chi connectivity index (χ4n) is 3.76. The van der Waals surface area contributed by atoms with Crippen LogP contribution in [0, 0.1) is 35.5 Å². The van der Waals surface area contributed by atoms with E-state index in [1.54, 1.807) is 7.11 Å². The van der Waals surface area contributed by atoms with Gasteiger partial charge in [0.15, 0.2) is 0 Å². The smallest absolute Gasteiger partial charge is 0.120 e. The van der Waals surface area contributed by atoms with Crippen molar-refractivity contribution in [2.75, 3.05) is 7.11 Å². The zero-order valence-electron chi connectivity index (χ0n) is 13.4. The minimum atomic E-state index is 0.789. The first kappa shape index (κ1) is 15.1. The van der Waals surface area contributed by atoms with Gasteiger partial charge < -0.3 is 9.53 Å². The van der Waals surface area contributed by atoms with Crippen LogP contribution >= 0.6 is 0 Å². The number of ether oxygens (including phenoxy) is 1. The van der Waals surface area contributed by atoms with Crippen LogP contribution in [0.4, 0.5) is 0 Å². The highest BCUT2D eigenvalue weighted by Crippen LogP contribution is 2.50. The first-order valence-electron chi connectivity index (χ1n) is 8.96. The topological polar surface area (TPSA) is 26.3 Å². The number of allylic oxidation sites excluding steroid dienone is 1. The Kier molecular flexibility index (Phi) is 5.03. The molecule has 0 spiro atoms. The average molecular weight is 290 g/mol. The van der Waals surface area contributed by atoms with E-state index in [2.05, 4.69) is 6.08 Å². The fourth-order valence-corrected chi connectivity index (χ4v) is 3.76. The summed E-state index contributed by atoms with van der Waals surface area (Å²) in [6.45, 7) is 0. The van der Waals surface area contributed by atoms with Gasteiger partial charge in [0, 0.05) is 6.42 Å². The van der Waals surface area contributed by atoms with E-state index in [0.717, 1.165) is 48.2 Å². The maximum Gasteiger partial charge on any atom is 0.120 e. The van der Waals surface area contributed by atoms with Gasteiger partial charge in [-0.1, -0.05) is 0 Å². The van der Waals surface area contributed by atoms with E-state index in [1.165, 1.54) is 51.4 Å². The third kappa shape index (κ3) is 4.86. The van der Waals surface area contributed by atoms with Crippen molar-refractivity contribution in [3.05, 3.63) is 12.3 Å². The number of carbonyl (C=O) groups is 1. The molecular weight excluding hydrogens is 260 g/mol. The molecule has 4 saturated carbocycles. The normalized spacial score (nSPS) is 25.1. The Balaban J connectivity index is 0.000000126. The van der Waals surface area contributed by atoms with Crippen LogP contribution in [0.2, 0.25) is 0 Å². The van der Waals surface area contributed by atoms with E-state index in [1.807, 2.05) is 6.26 Å². The quantitative estimate of drug-likeness (QED) is 0.482. The number of carbonyl (C=O) groups excluding carboxylic acids is 1. The summed E-state index contributed by atoms with van der Waals surface area (Å²) in [5.41, 5.74) is 0. The van der Waals surface area contributed by atoms with E-state index >= 15 is 0 Å². The molecule has 0 aromatic rings. The third-order valence-electron chi connectivity index (χ3n) is 5.59. The highest BCUT2D eigenvalue weighted by Gasteiger charge is 2.41. The Hall–Kier alpha value is -0.790. The van der Waals surface area contributed by atoms with Gasteiger partial charge in [0.25, 0.3) is 0 Å². The Labute approximate surface area is 129 Å². The van der Waals surface area contributed by atoms with Crippen molar-refractivity contribution in [1.29, 1.82) is 0 Å². The van der Waals surface area contributed by atoms with Crippen molar-refractivity contribution in [1.82, 2.24) is 0 Å². The zero-order valence-corrected chi connectivity index (χ0v) is 13.4. The molecular formula is C19H30O2. The van der Waals surface area contributed by atoms with Gasteiger partial charge in [0.1, 0.15) is 6.29 Å². The second-order valence-electron chi connectivity index (χ2n) is 7.56. The lowest BCUT2D eigenvalue weighted by atomic mass is 9.95. The van der Waals surface area contributed by atoms with Crippen LogP contribution in [0.3, 0.4) is 0 Å². The molecule has 21 heavy (non-hydrogen) atoms. The van der Waals surface area contributed by atoms with Crippen LogP contribution < -0.4 is 0 Å². The number of aldehydes is 1. The van der Waals surface area contributed by atoms with Crippen molar-refractivity contribution < 1.29 is 9.53 Å².